The van der Waals surface area contributed by atoms with Crippen molar-refractivity contribution in [3.63, 3.8) is 0 Å². The van der Waals surface area contributed by atoms with Crippen molar-refractivity contribution in [1.29, 1.82) is 0 Å². The van der Waals surface area contributed by atoms with Gasteiger partial charge in [0.2, 0.25) is 0 Å². The van der Waals surface area contributed by atoms with Crippen molar-refractivity contribution in [2.24, 2.45) is 0 Å². The number of allylic oxidation sites excluding steroid dienone is 3. The highest BCUT2D eigenvalue weighted by Gasteiger charge is 2.40. The first-order valence-electron chi connectivity index (χ1n) is 8.60. The van der Waals surface area contributed by atoms with Gasteiger partial charge in [-0.25, -0.2) is 4.39 Å². The van der Waals surface area contributed by atoms with Gasteiger partial charge in [0.15, 0.2) is 0 Å². The Kier molecular flexibility index (Phi) is 6.39. The van der Waals surface area contributed by atoms with Gasteiger partial charge in [-0.05, 0) is 35.9 Å². The van der Waals surface area contributed by atoms with Crippen LogP contribution in [0.1, 0.15) is 16.7 Å². The predicted molar refractivity (Wildman–Crippen MR) is 110 cm³/mol. The lowest BCUT2D eigenvalue weighted by Crippen LogP contribution is -2.40. The molecule has 0 saturated heterocycles. The molecule has 1 aromatic carbocycles. The van der Waals surface area contributed by atoms with Crippen molar-refractivity contribution in [3.05, 3.63) is 97.3 Å². The van der Waals surface area contributed by atoms with E-state index >= 15 is 0 Å². The molecule has 30 heavy (non-hydrogen) atoms. The monoisotopic (exact) mass is 479 g/mol. The Bertz CT molecular complexity index is 1070. The molecule has 160 valence electrons. The van der Waals surface area contributed by atoms with E-state index in [1.54, 1.807) is 6.07 Å². The zero-order valence-electron chi connectivity index (χ0n) is 15.1. The van der Waals surface area contributed by atoms with Crippen molar-refractivity contribution < 1.29 is 17.6 Å². The molecule has 0 radical (unpaired) electrons. The highest BCUT2D eigenvalue weighted by atomic mass is 35.5. The third kappa shape index (κ3) is 4.17. The number of hydrogen-bond acceptors (Lipinski definition) is 1. The summed E-state index contributed by atoms with van der Waals surface area (Å²) in [6.07, 6.45) is -0.462. The molecule has 1 N–H and O–H groups in total. The molecule has 2 aromatic rings. The number of halogens is 7. The Morgan fingerprint density at radius 2 is 1.83 bits per heavy atom. The van der Waals surface area contributed by atoms with Crippen molar-refractivity contribution in [1.82, 2.24) is 4.57 Å². The normalized spacial score (nSPS) is 21.6. The Hall–Kier alpha value is -1.80. The molecule has 1 aliphatic rings. The summed E-state index contributed by atoms with van der Waals surface area (Å²) in [6.45, 7) is -0.799. The van der Waals surface area contributed by atoms with Gasteiger partial charge in [-0.1, -0.05) is 35.3 Å². The predicted octanol–water partition coefficient (Wildman–Crippen LogP) is 6.54. The molecular weight excluding hydrogens is 467 g/mol. The number of nitrogens with zero attached hydrogens (tertiary/aromatic N) is 1. The van der Waals surface area contributed by atoms with Crippen molar-refractivity contribution in [3.8, 4) is 0 Å². The summed E-state index contributed by atoms with van der Waals surface area (Å²) in [5, 5.41) is -0.765. The summed E-state index contributed by atoms with van der Waals surface area (Å²) in [7, 11) is 0. The van der Waals surface area contributed by atoms with Crippen LogP contribution in [0.15, 0.2) is 59.3 Å². The number of aromatic nitrogens is 1. The molecule has 0 saturated carbocycles. The molecule has 1 aromatic heterocycles. The molecule has 1 heterocycles. The summed E-state index contributed by atoms with van der Waals surface area (Å²) in [5.41, 5.74) is 3.95. The summed E-state index contributed by atoms with van der Waals surface area (Å²) in [6, 6.07) is 5.23. The van der Waals surface area contributed by atoms with Crippen LogP contribution in [0.2, 0.25) is 10.0 Å². The Balaban J connectivity index is 2.25. The van der Waals surface area contributed by atoms with E-state index in [2.05, 4.69) is 0 Å². The molecule has 0 spiro atoms. The first-order valence-corrected chi connectivity index (χ1v) is 9.79. The first kappa shape index (κ1) is 22.9. The van der Waals surface area contributed by atoms with Gasteiger partial charge in [0.1, 0.15) is 11.4 Å². The standard InChI is InChI=1S/C20H14Cl3F4N2O/c21-15-2-1-3-16(22)13(15)9-29-8-11(6-14(18(29)30)20(25,26)27)19(10-28)5-4-12(24)7-17(19)23/h1-8,17,28H,9-10H2/q-1. The van der Waals surface area contributed by atoms with Crippen LogP contribution in [0.4, 0.5) is 17.6 Å². The second kappa shape index (κ2) is 8.38. The van der Waals surface area contributed by atoms with Crippen LogP contribution in [0.25, 0.3) is 5.73 Å². The second-order valence-electron chi connectivity index (χ2n) is 6.78. The van der Waals surface area contributed by atoms with Gasteiger partial charge in [-0.3, -0.25) is 4.79 Å². The quantitative estimate of drug-likeness (QED) is 0.362. The van der Waals surface area contributed by atoms with E-state index in [9.17, 15) is 22.4 Å². The minimum absolute atomic E-state index is 0.0485. The Morgan fingerprint density at radius 1 is 1.20 bits per heavy atom. The highest BCUT2D eigenvalue weighted by molar-refractivity contribution is 6.36. The number of benzene rings is 1. The molecule has 2 atom stereocenters. The number of pyridine rings is 1. The van der Waals surface area contributed by atoms with Crippen molar-refractivity contribution >= 4 is 34.8 Å². The largest absolute Gasteiger partial charge is 0.676 e. The zero-order valence-corrected chi connectivity index (χ0v) is 17.4. The number of hydrogen-bond donors (Lipinski definition) is 0. The van der Waals surface area contributed by atoms with Crippen molar-refractivity contribution in [2.75, 3.05) is 6.54 Å². The maximum atomic E-state index is 13.6. The summed E-state index contributed by atoms with van der Waals surface area (Å²) >= 11 is 18.5. The number of alkyl halides is 4. The molecular formula is C20H14Cl3F4N2O-. The van der Waals surface area contributed by atoms with Gasteiger partial charge in [0, 0.05) is 27.2 Å². The molecule has 3 nitrogen and oxygen atoms in total. The van der Waals surface area contributed by atoms with Crippen LogP contribution < -0.4 is 5.56 Å². The van der Waals surface area contributed by atoms with E-state index in [-0.39, 0.29) is 27.7 Å². The van der Waals surface area contributed by atoms with Gasteiger partial charge in [-0.2, -0.15) is 13.2 Å². The topological polar surface area (TPSA) is 45.8 Å². The fraction of sp³-hybridized carbons (Fsp3) is 0.250. The summed E-state index contributed by atoms with van der Waals surface area (Å²) in [4.78, 5) is 12.6. The highest BCUT2D eigenvalue weighted by Crippen LogP contribution is 2.40. The average molecular weight is 481 g/mol. The smallest absolute Gasteiger partial charge is 0.421 e. The van der Waals surface area contributed by atoms with Crippen molar-refractivity contribution in [2.45, 2.75) is 23.5 Å². The third-order valence-corrected chi connectivity index (χ3v) is 6.17. The fourth-order valence-electron chi connectivity index (χ4n) is 3.24. The van der Waals surface area contributed by atoms with E-state index in [0.29, 0.717) is 6.07 Å². The van der Waals surface area contributed by atoms with Crippen LogP contribution in [0.5, 0.6) is 0 Å². The van der Waals surface area contributed by atoms with Crippen LogP contribution in [0.3, 0.4) is 0 Å². The van der Waals surface area contributed by atoms with Gasteiger partial charge in [0.05, 0.1) is 11.9 Å². The lowest BCUT2D eigenvalue weighted by atomic mass is 9.75. The van der Waals surface area contributed by atoms with Gasteiger partial charge in [-0.15, -0.1) is 18.1 Å². The van der Waals surface area contributed by atoms with Crippen LogP contribution >= 0.6 is 34.8 Å². The number of rotatable bonds is 4. The van der Waals surface area contributed by atoms with Gasteiger partial charge < -0.3 is 10.3 Å². The molecule has 1 aliphatic carbocycles. The lowest BCUT2D eigenvalue weighted by Gasteiger charge is -2.39. The van der Waals surface area contributed by atoms with E-state index in [1.165, 1.54) is 24.4 Å². The van der Waals surface area contributed by atoms with Crippen LogP contribution in [-0.2, 0) is 18.1 Å². The molecule has 0 aliphatic heterocycles. The average Bonchev–Trinajstić information content (AvgIpc) is 2.66. The van der Waals surface area contributed by atoms with Crippen LogP contribution in [-0.4, -0.2) is 16.5 Å². The molecule has 0 amide bonds. The Morgan fingerprint density at radius 3 is 2.37 bits per heavy atom. The van der Waals surface area contributed by atoms with Gasteiger partial charge in [0.25, 0.3) is 5.56 Å². The van der Waals surface area contributed by atoms with E-state index < -0.39 is 40.5 Å². The minimum atomic E-state index is -4.95. The van der Waals surface area contributed by atoms with E-state index in [0.717, 1.165) is 16.7 Å². The molecule has 0 bridgehead atoms. The number of nitrogens with one attached hydrogen (secondary N) is 1. The fourth-order valence-corrected chi connectivity index (χ4v) is 4.16. The SMILES string of the molecule is [NH-]CC1(c2cc(C(F)(F)F)c(=O)n(Cc3c(Cl)cccc3Cl)c2)C=CC(F)=CC1Cl. The van der Waals surface area contributed by atoms with E-state index in [1.807, 2.05) is 0 Å². The maximum absolute atomic E-state index is 13.6. The third-order valence-electron chi connectivity index (χ3n) is 4.95. The van der Waals surface area contributed by atoms with Gasteiger partial charge >= 0.3 is 6.18 Å². The zero-order chi connectivity index (χ0) is 22.3. The molecule has 3 rings (SSSR count). The Labute approximate surface area is 184 Å². The minimum Gasteiger partial charge on any atom is -0.676 e. The second-order valence-corrected chi connectivity index (χ2v) is 8.06. The first-order chi connectivity index (χ1) is 14.0. The summed E-state index contributed by atoms with van der Waals surface area (Å²) < 4.78 is 55.3. The summed E-state index contributed by atoms with van der Waals surface area (Å²) in [5.74, 6) is -0.661. The van der Waals surface area contributed by atoms with E-state index in [4.69, 9.17) is 40.5 Å². The molecule has 0 fully saturated rings. The molecule has 10 heteroatoms. The maximum Gasteiger partial charge on any atom is 0.421 e. The lowest BCUT2D eigenvalue weighted by molar-refractivity contribution is -0.139. The molecule has 2 unspecified atom stereocenters. The van der Waals surface area contributed by atoms with Crippen LogP contribution in [0, 0.1) is 0 Å².